The summed E-state index contributed by atoms with van der Waals surface area (Å²) < 4.78 is 9.75. The second kappa shape index (κ2) is 16.3. The van der Waals surface area contributed by atoms with E-state index in [0.29, 0.717) is 26.4 Å². The Kier molecular flexibility index (Phi) is 17.8. The highest BCUT2D eigenvalue weighted by atomic mass is 16.5. The summed E-state index contributed by atoms with van der Waals surface area (Å²) in [5.41, 5.74) is 0. The van der Waals surface area contributed by atoms with Crippen molar-refractivity contribution in [1.82, 2.24) is 0 Å². The summed E-state index contributed by atoms with van der Waals surface area (Å²) in [7, 11) is 0. The van der Waals surface area contributed by atoms with Crippen LogP contribution in [-0.4, -0.2) is 60.9 Å². The highest BCUT2D eigenvalue weighted by Gasteiger charge is 2.10. The summed E-state index contributed by atoms with van der Waals surface area (Å²) >= 11 is 0. The smallest absolute Gasteiger partial charge is 0.306 e. The molecule has 0 saturated heterocycles. The minimum absolute atomic E-state index is 0.0417. The molecule has 0 heterocycles. The van der Waals surface area contributed by atoms with E-state index in [1.165, 1.54) is 0 Å². The van der Waals surface area contributed by atoms with Crippen molar-refractivity contribution in [2.24, 2.45) is 5.92 Å². The lowest BCUT2D eigenvalue weighted by atomic mass is 10.1. The molecule has 0 aliphatic carbocycles. The molecule has 0 fully saturated rings. The van der Waals surface area contributed by atoms with Crippen molar-refractivity contribution < 1.29 is 29.6 Å². The van der Waals surface area contributed by atoms with Crippen molar-refractivity contribution in [1.29, 1.82) is 0 Å². The topological polar surface area (TPSA) is 96.2 Å². The van der Waals surface area contributed by atoms with Gasteiger partial charge in [0.05, 0.1) is 45.6 Å². The molecule has 0 amide bonds. The van der Waals surface area contributed by atoms with Gasteiger partial charge >= 0.3 is 5.97 Å². The van der Waals surface area contributed by atoms with Gasteiger partial charge in [-0.1, -0.05) is 13.8 Å². The fourth-order valence-corrected chi connectivity index (χ4v) is 1.09. The van der Waals surface area contributed by atoms with Crippen LogP contribution in [0, 0.1) is 5.92 Å². The zero-order valence-corrected chi connectivity index (χ0v) is 11.3. The first-order valence-electron chi connectivity index (χ1n) is 6.23. The first kappa shape index (κ1) is 19.6. The van der Waals surface area contributed by atoms with Crippen LogP contribution in [0.1, 0.15) is 26.7 Å². The zero-order valence-electron chi connectivity index (χ0n) is 11.3. The highest BCUT2D eigenvalue weighted by molar-refractivity contribution is 5.69. The summed E-state index contributed by atoms with van der Waals surface area (Å²) in [6, 6.07) is 0. The third-order valence-corrected chi connectivity index (χ3v) is 2.18. The summed E-state index contributed by atoms with van der Waals surface area (Å²) in [5, 5.41) is 24.9. The first-order chi connectivity index (χ1) is 8.63. The normalized spacial score (nSPS) is 10.1. The second-order valence-corrected chi connectivity index (χ2v) is 3.52. The maximum Gasteiger partial charge on any atom is 0.306 e. The van der Waals surface area contributed by atoms with Gasteiger partial charge in [-0.2, -0.15) is 0 Å². The van der Waals surface area contributed by atoms with Crippen molar-refractivity contribution in [3.8, 4) is 0 Å². The Balaban J connectivity index is 0. The maximum absolute atomic E-state index is 10.2. The van der Waals surface area contributed by atoms with E-state index in [2.05, 4.69) is 0 Å². The molecule has 0 saturated carbocycles. The summed E-state index contributed by atoms with van der Waals surface area (Å²) in [5.74, 6) is -0.801. The quantitative estimate of drug-likeness (QED) is 0.499. The number of carbonyl (C=O) groups is 1. The lowest BCUT2D eigenvalue weighted by molar-refractivity contribution is -0.141. The molecule has 0 bridgehead atoms. The Labute approximate surface area is 109 Å². The van der Waals surface area contributed by atoms with Crippen LogP contribution in [0.4, 0.5) is 0 Å². The first-order valence-corrected chi connectivity index (χ1v) is 6.23. The van der Waals surface area contributed by atoms with Gasteiger partial charge in [0.15, 0.2) is 0 Å². The fraction of sp³-hybridized carbons (Fsp3) is 0.917. The predicted octanol–water partition coefficient (Wildman–Crippen LogP) is 0.511. The molecular weight excluding hydrogens is 240 g/mol. The van der Waals surface area contributed by atoms with Crippen LogP contribution in [-0.2, 0) is 14.3 Å². The number of hydrogen-bond donors (Lipinski definition) is 3. The van der Waals surface area contributed by atoms with Gasteiger partial charge in [-0.15, -0.1) is 0 Å². The monoisotopic (exact) mass is 266 g/mol. The molecule has 0 aliphatic heterocycles. The summed E-state index contributed by atoms with van der Waals surface area (Å²) in [6.45, 7) is 5.51. The Morgan fingerprint density at radius 3 is 1.50 bits per heavy atom. The predicted molar refractivity (Wildman–Crippen MR) is 67.5 cm³/mol. The lowest BCUT2D eigenvalue weighted by Gasteiger charge is -2.02. The number of aliphatic hydroxyl groups excluding tert-OH is 2. The van der Waals surface area contributed by atoms with Gasteiger partial charge < -0.3 is 24.8 Å². The number of aliphatic hydroxyl groups is 2. The van der Waals surface area contributed by atoms with Crippen LogP contribution in [0.3, 0.4) is 0 Å². The molecule has 0 aromatic rings. The fourth-order valence-electron chi connectivity index (χ4n) is 1.09. The Morgan fingerprint density at radius 2 is 1.33 bits per heavy atom. The maximum atomic E-state index is 10.2. The molecular formula is C12H26O6. The number of carboxylic acid groups (broad SMARTS) is 1. The molecule has 0 atom stereocenters. The van der Waals surface area contributed by atoms with E-state index in [0.717, 1.165) is 12.8 Å². The SMILES string of the molecule is CCC(CC)C(=O)O.OCCOCCOCCO. The van der Waals surface area contributed by atoms with E-state index in [4.69, 9.17) is 24.8 Å². The lowest BCUT2D eigenvalue weighted by Crippen LogP contribution is -2.10. The van der Waals surface area contributed by atoms with Crippen molar-refractivity contribution in [2.75, 3.05) is 39.6 Å². The van der Waals surface area contributed by atoms with Gasteiger partial charge in [-0.3, -0.25) is 4.79 Å². The Bertz CT molecular complexity index is 162. The van der Waals surface area contributed by atoms with Gasteiger partial charge in [0.25, 0.3) is 0 Å². The summed E-state index contributed by atoms with van der Waals surface area (Å²) in [4.78, 5) is 10.2. The molecule has 110 valence electrons. The third-order valence-electron chi connectivity index (χ3n) is 2.18. The van der Waals surface area contributed by atoms with E-state index in [1.54, 1.807) is 0 Å². The van der Waals surface area contributed by atoms with E-state index >= 15 is 0 Å². The number of aliphatic carboxylic acids is 1. The van der Waals surface area contributed by atoms with Crippen molar-refractivity contribution in [3.63, 3.8) is 0 Å². The average Bonchev–Trinajstić information content (AvgIpc) is 2.35. The van der Waals surface area contributed by atoms with Gasteiger partial charge in [0.1, 0.15) is 0 Å². The molecule has 18 heavy (non-hydrogen) atoms. The molecule has 3 N–H and O–H groups in total. The van der Waals surface area contributed by atoms with Gasteiger partial charge in [0, 0.05) is 0 Å². The minimum atomic E-state index is -0.671. The molecule has 6 heteroatoms. The highest BCUT2D eigenvalue weighted by Crippen LogP contribution is 2.05. The molecule has 0 aromatic heterocycles. The minimum Gasteiger partial charge on any atom is -0.481 e. The van der Waals surface area contributed by atoms with Crippen molar-refractivity contribution >= 4 is 5.97 Å². The van der Waals surface area contributed by atoms with Crippen molar-refractivity contribution in [2.45, 2.75) is 26.7 Å². The van der Waals surface area contributed by atoms with E-state index in [-0.39, 0.29) is 19.1 Å². The van der Waals surface area contributed by atoms with Crippen LogP contribution in [0.25, 0.3) is 0 Å². The van der Waals surface area contributed by atoms with Crippen LogP contribution in [0.2, 0.25) is 0 Å². The largest absolute Gasteiger partial charge is 0.481 e. The third kappa shape index (κ3) is 15.3. The molecule has 0 spiro atoms. The standard InChI is InChI=1S/C6H14O4.C6H12O2/c7-1-3-9-5-6-10-4-2-8;1-3-5(4-2)6(7)8/h7-8H,1-6H2;5H,3-4H2,1-2H3,(H,7,8). The van der Waals surface area contributed by atoms with Crippen LogP contribution in [0.5, 0.6) is 0 Å². The molecule has 0 aromatic carbocycles. The number of hydrogen-bond acceptors (Lipinski definition) is 5. The van der Waals surface area contributed by atoms with Crippen LogP contribution in [0.15, 0.2) is 0 Å². The number of ether oxygens (including phenoxy) is 2. The molecule has 0 aliphatic rings. The molecule has 6 nitrogen and oxygen atoms in total. The van der Waals surface area contributed by atoms with E-state index < -0.39 is 5.97 Å². The zero-order chi connectivity index (χ0) is 14.2. The van der Waals surface area contributed by atoms with Crippen molar-refractivity contribution in [3.05, 3.63) is 0 Å². The van der Waals surface area contributed by atoms with Crippen LogP contribution < -0.4 is 0 Å². The molecule has 0 rings (SSSR count). The molecule has 0 unspecified atom stereocenters. The number of rotatable bonds is 10. The van der Waals surface area contributed by atoms with Gasteiger partial charge in [-0.25, -0.2) is 0 Å². The summed E-state index contributed by atoms with van der Waals surface area (Å²) in [6.07, 6.45) is 1.48. The Morgan fingerprint density at radius 1 is 0.944 bits per heavy atom. The Hall–Kier alpha value is -0.690. The second-order valence-electron chi connectivity index (χ2n) is 3.52. The van der Waals surface area contributed by atoms with Gasteiger partial charge in [0.2, 0.25) is 0 Å². The van der Waals surface area contributed by atoms with E-state index in [9.17, 15) is 4.79 Å². The number of carboxylic acids is 1. The molecule has 0 radical (unpaired) electrons. The van der Waals surface area contributed by atoms with E-state index in [1.807, 2.05) is 13.8 Å². The van der Waals surface area contributed by atoms with Gasteiger partial charge in [-0.05, 0) is 12.8 Å². The average molecular weight is 266 g/mol. The van der Waals surface area contributed by atoms with Crippen LogP contribution >= 0.6 is 0 Å².